The Balaban J connectivity index is 1.54. The molecule has 1 fully saturated rings. The van der Waals surface area contributed by atoms with Crippen LogP contribution >= 0.6 is 11.3 Å². The first-order valence-electron chi connectivity index (χ1n) is 7.42. The minimum Gasteiger partial charge on any atom is -0.379 e. The molecule has 114 valence electrons. The van der Waals surface area contributed by atoms with Crippen LogP contribution in [-0.4, -0.2) is 51.0 Å². The standard InChI is InChI=1S/C15H17N5OS/c1-2-4-12(5-3-1)10-14-18-20-13(16-17-15(20)22-14)11-19-6-8-21-9-7-19/h1-5H,6-11H2. The molecule has 0 unspecified atom stereocenters. The molecule has 4 rings (SSSR count). The van der Waals surface area contributed by atoms with Crippen molar-refractivity contribution in [2.75, 3.05) is 26.3 Å². The molecule has 0 saturated carbocycles. The van der Waals surface area contributed by atoms with Gasteiger partial charge in [-0.25, -0.2) is 0 Å². The third-order valence-electron chi connectivity index (χ3n) is 3.76. The molecule has 2 aromatic heterocycles. The molecule has 0 N–H and O–H groups in total. The van der Waals surface area contributed by atoms with E-state index in [9.17, 15) is 0 Å². The van der Waals surface area contributed by atoms with Gasteiger partial charge in [-0.15, -0.1) is 10.2 Å². The summed E-state index contributed by atoms with van der Waals surface area (Å²) in [6, 6.07) is 10.4. The topological polar surface area (TPSA) is 55.5 Å². The van der Waals surface area contributed by atoms with Crippen molar-refractivity contribution in [3.05, 3.63) is 46.7 Å². The Morgan fingerprint density at radius 3 is 2.73 bits per heavy atom. The van der Waals surface area contributed by atoms with Gasteiger partial charge in [0.05, 0.1) is 19.8 Å². The van der Waals surface area contributed by atoms with Crippen LogP contribution in [0.2, 0.25) is 0 Å². The van der Waals surface area contributed by atoms with Gasteiger partial charge in [0.1, 0.15) is 5.01 Å². The summed E-state index contributed by atoms with van der Waals surface area (Å²) in [6.45, 7) is 4.24. The average Bonchev–Trinajstić information content (AvgIpc) is 3.11. The van der Waals surface area contributed by atoms with Gasteiger partial charge in [0, 0.05) is 19.5 Å². The molecule has 7 heteroatoms. The lowest BCUT2D eigenvalue weighted by Gasteiger charge is -2.25. The highest BCUT2D eigenvalue weighted by atomic mass is 32.1. The zero-order valence-corrected chi connectivity index (χ0v) is 13.0. The summed E-state index contributed by atoms with van der Waals surface area (Å²) in [4.78, 5) is 3.20. The molecule has 0 radical (unpaired) electrons. The number of morpholine rings is 1. The lowest BCUT2D eigenvalue weighted by Crippen LogP contribution is -2.36. The predicted molar refractivity (Wildman–Crippen MR) is 84.0 cm³/mol. The minimum atomic E-state index is 0.777. The molecule has 3 aromatic rings. The summed E-state index contributed by atoms with van der Waals surface area (Å²) in [5, 5.41) is 14.3. The summed E-state index contributed by atoms with van der Waals surface area (Å²) in [5.41, 5.74) is 1.27. The first kappa shape index (κ1) is 13.8. The minimum absolute atomic E-state index is 0.777. The van der Waals surface area contributed by atoms with E-state index >= 15 is 0 Å². The molecule has 3 heterocycles. The van der Waals surface area contributed by atoms with Gasteiger partial charge in [-0.05, 0) is 5.56 Å². The third-order valence-corrected chi connectivity index (χ3v) is 4.66. The summed E-state index contributed by atoms with van der Waals surface area (Å²) in [6.07, 6.45) is 0.839. The van der Waals surface area contributed by atoms with Crippen LogP contribution in [0.5, 0.6) is 0 Å². The van der Waals surface area contributed by atoms with Crippen LogP contribution in [0.25, 0.3) is 4.96 Å². The first-order valence-corrected chi connectivity index (χ1v) is 8.24. The summed E-state index contributed by atoms with van der Waals surface area (Å²) >= 11 is 1.61. The second kappa shape index (κ2) is 6.12. The lowest BCUT2D eigenvalue weighted by atomic mass is 10.2. The maximum absolute atomic E-state index is 5.38. The van der Waals surface area contributed by atoms with E-state index in [1.165, 1.54) is 5.56 Å². The fourth-order valence-corrected chi connectivity index (χ4v) is 3.48. The molecule has 22 heavy (non-hydrogen) atoms. The Bertz CT molecular complexity index is 748. The second-order valence-corrected chi connectivity index (χ2v) is 6.40. The van der Waals surface area contributed by atoms with Crippen LogP contribution in [0.15, 0.2) is 30.3 Å². The van der Waals surface area contributed by atoms with Crippen LogP contribution in [0.4, 0.5) is 0 Å². The largest absolute Gasteiger partial charge is 0.379 e. The van der Waals surface area contributed by atoms with Crippen molar-refractivity contribution >= 4 is 16.3 Å². The zero-order chi connectivity index (χ0) is 14.8. The van der Waals surface area contributed by atoms with Gasteiger partial charge in [0.2, 0.25) is 4.96 Å². The van der Waals surface area contributed by atoms with Gasteiger partial charge in [-0.2, -0.15) is 9.61 Å². The number of ether oxygens (including phenoxy) is 1. The van der Waals surface area contributed by atoms with Crippen LogP contribution < -0.4 is 0 Å². The zero-order valence-electron chi connectivity index (χ0n) is 12.2. The quantitative estimate of drug-likeness (QED) is 0.732. The average molecular weight is 315 g/mol. The molecule has 6 nitrogen and oxygen atoms in total. The van der Waals surface area contributed by atoms with Gasteiger partial charge in [0.25, 0.3) is 0 Å². The molecule has 1 aliphatic heterocycles. The van der Waals surface area contributed by atoms with Crippen molar-refractivity contribution in [3.8, 4) is 0 Å². The van der Waals surface area contributed by atoms with Gasteiger partial charge < -0.3 is 4.74 Å². The van der Waals surface area contributed by atoms with E-state index < -0.39 is 0 Å². The van der Waals surface area contributed by atoms with Gasteiger partial charge in [-0.3, -0.25) is 4.90 Å². The molecule has 0 atom stereocenters. The van der Waals surface area contributed by atoms with Crippen molar-refractivity contribution in [1.29, 1.82) is 0 Å². The number of benzene rings is 1. The molecule has 0 aliphatic carbocycles. The van der Waals surface area contributed by atoms with E-state index in [4.69, 9.17) is 4.74 Å². The van der Waals surface area contributed by atoms with Crippen molar-refractivity contribution in [2.24, 2.45) is 0 Å². The highest BCUT2D eigenvalue weighted by molar-refractivity contribution is 7.16. The molecular formula is C15H17N5OS. The van der Waals surface area contributed by atoms with Crippen molar-refractivity contribution in [2.45, 2.75) is 13.0 Å². The van der Waals surface area contributed by atoms with E-state index in [-0.39, 0.29) is 0 Å². The molecule has 0 amide bonds. The number of rotatable bonds is 4. The van der Waals surface area contributed by atoms with Crippen LogP contribution in [0.1, 0.15) is 16.4 Å². The maximum atomic E-state index is 5.38. The molecular weight excluding hydrogens is 298 g/mol. The second-order valence-electron chi connectivity index (χ2n) is 5.36. The highest BCUT2D eigenvalue weighted by Crippen LogP contribution is 2.18. The van der Waals surface area contributed by atoms with Gasteiger partial charge in [0.15, 0.2) is 5.82 Å². The van der Waals surface area contributed by atoms with Crippen LogP contribution in [0, 0.1) is 0 Å². The van der Waals surface area contributed by atoms with E-state index in [1.54, 1.807) is 11.3 Å². The summed E-state index contributed by atoms with van der Waals surface area (Å²) < 4.78 is 7.27. The molecule has 0 bridgehead atoms. The number of hydrogen-bond donors (Lipinski definition) is 0. The third kappa shape index (κ3) is 2.87. The summed E-state index contributed by atoms with van der Waals surface area (Å²) in [7, 11) is 0. The Hall–Kier alpha value is -1.83. The number of fused-ring (bicyclic) bond motifs is 1. The smallest absolute Gasteiger partial charge is 0.234 e. The fraction of sp³-hybridized carbons (Fsp3) is 0.400. The van der Waals surface area contributed by atoms with Gasteiger partial charge in [-0.1, -0.05) is 41.7 Å². The Labute approximate surface area is 132 Å². The predicted octanol–water partition coefficient (Wildman–Crippen LogP) is 1.61. The van der Waals surface area contributed by atoms with E-state index in [2.05, 4.69) is 44.5 Å². The van der Waals surface area contributed by atoms with E-state index in [0.717, 1.165) is 55.1 Å². The number of aromatic nitrogens is 4. The van der Waals surface area contributed by atoms with Crippen molar-refractivity contribution < 1.29 is 4.74 Å². The van der Waals surface area contributed by atoms with Crippen LogP contribution in [-0.2, 0) is 17.7 Å². The molecule has 1 aromatic carbocycles. The van der Waals surface area contributed by atoms with E-state index in [0.29, 0.717) is 0 Å². The summed E-state index contributed by atoms with van der Waals surface area (Å²) in [5.74, 6) is 0.910. The molecule has 0 spiro atoms. The Morgan fingerprint density at radius 2 is 1.91 bits per heavy atom. The van der Waals surface area contributed by atoms with Crippen molar-refractivity contribution in [3.63, 3.8) is 0 Å². The molecule has 1 aliphatic rings. The normalized spacial score (nSPS) is 16.4. The SMILES string of the molecule is c1ccc(Cc2nn3c(CN4CCOCC4)nnc3s2)cc1. The van der Waals surface area contributed by atoms with E-state index in [1.807, 2.05) is 10.6 Å². The van der Waals surface area contributed by atoms with Crippen molar-refractivity contribution in [1.82, 2.24) is 24.7 Å². The Morgan fingerprint density at radius 1 is 1.09 bits per heavy atom. The van der Waals surface area contributed by atoms with Gasteiger partial charge >= 0.3 is 0 Å². The maximum Gasteiger partial charge on any atom is 0.234 e. The molecule has 1 saturated heterocycles. The number of hydrogen-bond acceptors (Lipinski definition) is 6. The highest BCUT2D eigenvalue weighted by Gasteiger charge is 2.17. The van der Waals surface area contributed by atoms with Crippen LogP contribution in [0.3, 0.4) is 0 Å². The number of nitrogens with zero attached hydrogens (tertiary/aromatic N) is 5. The fourth-order valence-electron chi connectivity index (χ4n) is 2.60. The first-order chi connectivity index (χ1) is 10.9. The lowest BCUT2D eigenvalue weighted by molar-refractivity contribution is 0.0328. The Kier molecular flexibility index (Phi) is 3.84. The monoisotopic (exact) mass is 315 g/mol.